The van der Waals surface area contributed by atoms with Crippen molar-refractivity contribution in [1.82, 2.24) is 24.5 Å². The molecule has 0 bridgehead atoms. The van der Waals surface area contributed by atoms with Crippen LogP contribution in [0.5, 0.6) is 0 Å². The number of anilines is 1. The molecule has 0 spiro atoms. The Bertz CT molecular complexity index is 1290. The summed E-state index contributed by atoms with van der Waals surface area (Å²) in [6, 6.07) is 7.41. The van der Waals surface area contributed by atoms with Crippen LogP contribution in [0.3, 0.4) is 0 Å². The van der Waals surface area contributed by atoms with Gasteiger partial charge in [0.1, 0.15) is 6.54 Å². The number of hydrogen-bond acceptors (Lipinski definition) is 4. The van der Waals surface area contributed by atoms with E-state index in [1.807, 2.05) is 13.0 Å². The van der Waals surface area contributed by atoms with Crippen LogP contribution in [0.1, 0.15) is 35.6 Å². The lowest BCUT2D eigenvalue weighted by molar-refractivity contribution is -0.116. The molecule has 5 rings (SSSR count). The lowest BCUT2D eigenvalue weighted by atomic mass is 10.1. The van der Waals surface area contributed by atoms with E-state index < -0.39 is 0 Å². The number of nitrogens with zero attached hydrogens (tertiary/aromatic N) is 5. The molecule has 1 N–H and O–H groups in total. The highest BCUT2D eigenvalue weighted by atomic mass is 35.5. The first-order valence-corrected chi connectivity index (χ1v) is 10.8. The molecule has 1 amide bonds. The van der Waals surface area contributed by atoms with Gasteiger partial charge in [-0.05, 0) is 55.0 Å². The average Bonchev–Trinajstić information content (AvgIpc) is 3.42. The highest BCUT2D eigenvalue weighted by Crippen LogP contribution is 2.43. The largest absolute Gasteiger partial charge is 0.322 e. The van der Waals surface area contributed by atoms with Crippen molar-refractivity contribution in [1.29, 1.82) is 0 Å². The number of aromatic nitrogens is 5. The zero-order chi connectivity index (χ0) is 21.5. The molecule has 158 valence electrons. The summed E-state index contributed by atoms with van der Waals surface area (Å²) in [6.45, 7) is 2.53. The van der Waals surface area contributed by atoms with Gasteiger partial charge in [0.05, 0.1) is 24.1 Å². The van der Waals surface area contributed by atoms with Gasteiger partial charge in [0.2, 0.25) is 5.91 Å². The summed E-state index contributed by atoms with van der Waals surface area (Å²) in [4.78, 5) is 17.1. The maximum absolute atomic E-state index is 12.7. The van der Waals surface area contributed by atoms with Crippen molar-refractivity contribution in [3.8, 4) is 0 Å². The average molecular weight is 455 g/mol. The Kier molecular flexibility index (Phi) is 5.16. The summed E-state index contributed by atoms with van der Waals surface area (Å²) in [7, 11) is 0. The highest BCUT2D eigenvalue weighted by Gasteiger charge is 2.27. The van der Waals surface area contributed by atoms with Crippen LogP contribution < -0.4 is 5.32 Å². The molecule has 0 saturated heterocycles. The minimum atomic E-state index is -0.188. The molecule has 0 atom stereocenters. The third kappa shape index (κ3) is 4.16. The quantitative estimate of drug-likeness (QED) is 0.453. The maximum atomic E-state index is 12.7. The number of pyridine rings is 1. The molecule has 3 heterocycles. The number of benzene rings is 1. The van der Waals surface area contributed by atoms with Crippen molar-refractivity contribution < 1.29 is 4.79 Å². The van der Waals surface area contributed by atoms with E-state index in [9.17, 15) is 4.79 Å². The summed E-state index contributed by atoms with van der Waals surface area (Å²) in [5.41, 5.74) is 4.45. The summed E-state index contributed by atoms with van der Waals surface area (Å²) in [6.07, 6.45) is 7.58. The topological polar surface area (TPSA) is 77.6 Å². The zero-order valence-corrected chi connectivity index (χ0v) is 18.4. The fraction of sp³-hybridized carbons (Fsp3) is 0.273. The number of halogens is 2. The molecule has 0 radical (unpaired) electrons. The van der Waals surface area contributed by atoms with Crippen LogP contribution in [0, 0.1) is 6.92 Å². The SMILES string of the molecule is Cc1nn(CC(=O)Nc2cnn(Cc3ccc(Cl)cc3Cl)c2)c2nccc(C3CC3)c12. The van der Waals surface area contributed by atoms with Gasteiger partial charge >= 0.3 is 0 Å². The van der Waals surface area contributed by atoms with Crippen molar-refractivity contribution in [3.05, 3.63) is 69.7 Å². The van der Waals surface area contributed by atoms with Crippen LogP contribution in [0.4, 0.5) is 5.69 Å². The van der Waals surface area contributed by atoms with E-state index in [-0.39, 0.29) is 12.5 Å². The zero-order valence-electron chi connectivity index (χ0n) is 16.8. The van der Waals surface area contributed by atoms with Crippen molar-refractivity contribution in [3.63, 3.8) is 0 Å². The van der Waals surface area contributed by atoms with Crippen molar-refractivity contribution in [2.45, 2.75) is 38.8 Å². The minimum Gasteiger partial charge on any atom is -0.322 e. The van der Waals surface area contributed by atoms with Crippen LogP contribution in [-0.4, -0.2) is 30.5 Å². The van der Waals surface area contributed by atoms with Gasteiger partial charge in [-0.25, -0.2) is 9.67 Å². The van der Waals surface area contributed by atoms with Crippen LogP contribution in [0.2, 0.25) is 10.0 Å². The molecule has 7 nitrogen and oxygen atoms in total. The lowest BCUT2D eigenvalue weighted by Gasteiger charge is -2.06. The van der Waals surface area contributed by atoms with Crippen molar-refractivity contribution in [2.24, 2.45) is 0 Å². The van der Waals surface area contributed by atoms with Crippen LogP contribution in [0.15, 0.2) is 42.9 Å². The van der Waals surface area contributed by atoms with E-state index in [1.54, 1.807) is 40.1 Å². The van der Waals surface area contributed by atoms with Crippen LogP contribution in [-0.2, 0) is 17.9 Å². The maximum Gasteiger partial charge on any atom is 0.246 e. The summed E-state index contributed by atoms with van der Waals surface area (Å²) in [5, 5.41) is 14.0. The van der Waals surface area contributed by atoms with Gasteiger partial charge in [-0.2, -0.15) is 10.2 Å². The fourth-order valence-corrected chi connectivity index (χ4v) is 4.30. The third-order valence-corrected chi connectivity index (χ3v) is 6.00. The second-order valence-corrected chi connectivity index (χ2v) is 8.67. The molecule has 9 heteroatoms. The molecule has 0 unspecified atom stereocenters. The third-order valence-electron chi connectivity index (χ3n) is 5.42. The first-order chi connectivity index (χ1) is 15.0. The van der Waals surface area contributed by atoms with E-state index in [1.165, 1.54) is 18.4 Å². The molecule has 1 aromatic carbocycles. The molecular weight excluding hydrogens is 435 g/mol. The number of rotatable bonds is 6. The predicted octanol–water partition coefficient (Wildman–Crippen LogP) is 4.81. The second-order valence-electron chi connectivity index (χ2n) is 7.83. The molecule has 0 aliphatic heterocycles. The highest BCUT2D eigenvalue weighted by molar-refractivity contribution is 6.35. The Morgan fingerprint density at radius 3 is 2.87 bits per heavy atom. The van der Waals surface area contributed by atoms with Crippen LogP contribution in [0.25, 0.3) is 11.0 Å². The second kappa shape index (κ2) is 7.98. The van der Waals surface area contributed by atoms with E-state index in [2.05, 4.69) is 26.6 Å². The number of hydrogen-bond donors (Lipinski definition) is 1. The number of fused-ring (bicyclic) bond motifs is 1. The van der Waals surface area contributed by atoms with Crippen molar-refractivity contribution >= 4 is 45.8 Å². The Morgan fingerprint density at radius 1 is 1.26 bits per heavy atom. The fourth-order valence-electron chi connectivity index (χ4n) is 3.83. The first kappa shape index (κ1) is 20.0. The molecule has 1 saturated carbocycles. The lowest BCUT2D eigenvalue weighted by Crippen LogP contribution is -2.19. The van der Waals surface area contributed by atoms with E-state index in [0.29, 0.717) is 28.2 Å². The first-order valence-electron chi connectivity index (χ1n) is 10.1. The number of carbonyl (C=O) groups is 1. The Balaban J connectivity index is 1.29. The smallest absolute Gasteiger partial charge is 0.246 e. The molecule has 1 aliphatic carbocycles. The molecular formula is C22H20Cl2N6O. The van der Waals surface area contributed by atoms with Crippen molar-refractivity contribution in [2.75, 3.05) is 5.32 Å². The number of nitrogens with one attached hydrogen (secondary N) is 1. The van der Waals surface area contributed by atoms with Gasteiger partial charge in [0.15, 0.2) is 5.65 Å². The van der Waals surface area contributed by atoms with Crippen LogP contribution >= 0.6 is 23.2 Å². The molecule has 31 heavy (non-hydrogen) atoms. The van der Waals surface area contributed by atoms with Gasteiger partial charge in [0.25, 0.3) is 0 Å². The predicted molar refractivity (Wildman–Crippen MR) is 121 cm³/mol. The molecule has 1 aliphatic rings. The number of carbonyl (C=O) groups excluding carboxylic acids is 1. The van der Waals surface area contributed by atoms with Gasteiger partial charge in [-0.1, -0.05) is 29.3 Å². The monoisotopic (exact) mass is 454 g/mol. The Labute approximate surface area is 189 Å². The number of aryl methyl sites for hydroxylation is 1. The number of amides is 1. The normalized spacial score (nSPS) is 13.6. The summed E-state index contributed by atoms with van der Waals surface area (Å²) < 4.78 is 3.38. The Hall–Kier alpha value is -2.90. The van der Waals surface area contributed by atoms with Gasteiger partial charge in [0, 0.05) is 27.8 Å². The van der Waals surface area contributed by atoms with Gasteiger partial charge in [-0.3, -0.25) is 9.48 Å². The molecule has 3 aromatic heterocycles. The van der Waals surface area contributed by atoms with Gasteiger partial charge < -0.3 is 5.32 Å². The summed E-state index contributed by atoms with van der Waals surface area (Å²) in [5.74, 6) is 0.405. The van der Waals surface area contributed by atoms with E-state index in [0.717, 1.165) is 22.3 Å². The minimum absolute atomic E-state index is 0.0830. The van der Waals surface area contributed by atoms with E-state index in [4.69, 9.17) is 23.2 Å². The Morgan fingerprint density at radius 2 is 2.10 bits per heavy atom. The molecule has 1 fully saturated rings. The summed E-state index contributed by atoms with van der Waals surface area (Å²) >= 11 is 12.2. The molecule has 4 aromatic rings. The van der Waals surface area contributed by atoms with E-state index >= 15 is 0 Å². The standard InChI is InChI=1S/C22H20Cl2N6O/c1-13-21-18(14-2-3-14)6-7-25-22(21)30(28-13)12-20(31)27-17-9-26-29(11-17)10-15-4-5-16(23)8-19(15)24/h4-9,11,14H,2-3,10,12H2,1H3,(H,27,31). The van der Waals surface area contributed by atoms with Gasteiger partial charge in [-0.15, -0.1) is 0 Å².